The molecule has 1 aliphatic heterocycles. The van der Waals surface area contributed by atoms with Crippen molar-refractivity contribution in [1.82, 2.24) is 0 Å². The molecule has 7 heteroatoms. The molecule has 2 rings (SSSR count). The third-order valence-corrected chi connectivity index (χ3v) is 3.64. The molecular formula is C13H13Cl2NO4. The summed E-state index contributed by atoms with van der Waals surface area (Å²) in [6.45, 7) is 1.92. The molecule has 108 valence electrons. The molecule has 0 saturated carbocycles. The fourth-order valence-electron chi connectivity index (χ4n) is 2.28. The lowest BCUT2D eigenvalue weighted by atomic mass is 9.87. The Morgan fingerprint density at radius 2 is 2.15 bits per heavy atom. The Hall–Kier alpha value is -1.46. The number of aliphatic carboxylic acids is 1. The number of carbonyl (C=O) groups excluding carboxylic acids is 1. The predicted octanol–water partition coefficient (Wildman–Crippen LogP) is 2.91. The molecule has 0 saturated heterocycles. The zero-order chi connectivity index (χ0) is 14.9. The van der Waals surface area contributed by atoms with Crippen molar-refractivity contribution in [3.8, 4) is 0 Å². The number of rotatable bonds is 3. The number of benzene rings is 1. The summed E-state index contributed by atoms with van der Waals surface area (Å²) < 4.78 is 5.00. The molecule has 0 radical (unpaired) electrons. The van der Waals surface area contributed by atoms with Crippen molar-refractivity contribution >= 4 is 40.8 Å². The van der Waals surface area contributed by atoms with Gasteiger partial charge < -0.3 is 15.2 Å². The highest BCUT2D eigenvalue weighted by molar-refractivity contribution is 6.36. The highest BCUT2D eigenvalue weighted by Crippen LogP contribution is 2.41. The van der Waals surface area contributed by atoms with Gasteiger partial charge in [-0.1, -0.05) is 23.2 Å². The van der Waals surface area contributed by atoms with Gasteiger partial charge in [-0.25, -0.2) is 4.79 Å². The summed E-state index contributed by atoms with van der Waals surface area (Å²) in [6, 6.07) is 2.20. The van der Waals surface area contributed by atoms with Crippen LogP contribution in [0, 0.1) is 0 Å². The van der Waals surface area contributed by atoms with Crippen molar-refractivity contribution in [1.29, 1.82) is 0 Å². The standard InChI is InChI=1S/C13H13Cl2NO4/c1-2-20-13(19)7-5-10(12(17)18)16-9-4-6(14)3-8(15)11(7)9/h3-4,7,10,16H,2,5H2,1H3,(H,17,18)/t7-,10-/m1/s1. The quantitative estimate of drug-likeness (QED) is 0.838. The Morgan fingerprint density at radius 3 is 2.75 bits per heavy atom. The lowest BCUT2D eigenvalue weighted by Gasteiger charge is -2.30. The van der Waals surface area contributed by atoms with Gasteiger partial charge in [-0.05, 0) is 25.5 Å². The zero-order valence-electron chi connectivity index (χ0n) is 10.7. The van der Waals surface area contributed by atoms with E-state index in [-0.39, 0.29) is 13.0 Å². The fraction of sp³-hybridized carbons (Fsp3) is 0.385. The third kappa shape index (κ3) is 2.83. The normalized spacial score (nSPS) is 20.8. The number of esters is 1. The molecular weight excluding hydrogens is 305 g/mol. The number of carboxylic acid groups (broad SMARTS) is 1. The predicted molar refractivity (Wildman–Crippen MR) is 75.5 cm³/mol. The van der Waals surface area contributed by atoms with Crippen LogP contribution < -0.4 is 5.32 Å². The number of fused-ring (bicyclic) bond motifs is 1. The van der Waals surface area contributed by atoms with E-state index in [0.717, 1.165) is 0 Å². The second-order valence-electron chi connectivity index (χ2n) is 4.42. The minimum Gasteiger partial charge on any atom is -0.480 e. The van der Waals surface area contributed by atoms with E-state index in [4.69, 9.17) is 33.0 Å². The van der Waals surface area contributed by atoms with Gasteiger partial charge in [0.2, 0.25) is 0 Å². The number of nitrogens with one attached hydrogen (secondary N) is 1. The van der Waals surface area contributed by atoms with Crippen molar-refractivity contribution in [2.24, 2.45) is 0 Å². The molecule has 1 heterocycles. The maximum Gasteiger partial charge on any atom is 0.326 e. The third-order valence-electron chi connectivity index (χ3n) is 3.11. The van der Waals surface area contributed by atoms with E-state index < -0.39 is 23.9 Å². The Morgan fingerprint density at radius 1 is 1.45 bits per heavy atom. The van der Waals surface area contributed by atoms with Gasteiger partial charge in [-0.2, -0.15) is 0 Å². The van der Waals surface area contributed by atoms with Gasteiger partial charge >= 0.3 is 11.9 Å². The number of hydrogen-bond donors (Lipinski definition) is 2. The molecule has 0 bridgehead atoms. The van der Waals surface area contributed by atoms with Crippen LogP contribution in [-0.2, 0) is 14.3 Å². The summed E-state index contributed by atoms with van der Waals surface area (Å²) in [5.41, 5.74) is 0.992. The first kappa shape index (κ1) is 14.9. The second-order valence-corrected chi connectivity index (χ2v) is 5.27. The van der Waals surface area contributed by atoms with Gasteiger partial charge in [0.1, 0.15) is 6.04 Å². The highest BCUT2D eigenvalue weighted by Gasteiger charge is 2.37. The minimum atomic E-state index is -1.04. The van der Waals surface area contributed by atoms with Crippen LogP contribution in [0.5, 0.6) is 0 Å². The zero-order valence-corrected chi connectivity index (χ0v) is 12.2. The van der Waals surface area contributed by atoms with Gasteiger partial charge in [0.15, 0.2) is 0 Å². The Bertz CT molecular complexity index is 562. The SMILES string of the molecule is CCOC(=O)[C@@H]1C[C@H](C(=O)O)Nc2cc(Cl)cc(Cl)c21. The van der Waals surface area contributed by atoms with Crippen molar-refractivity contribution in [2.45, 2.75) is 25.3 Å². The molecule has 0 aliphatic carbocycles. The molecule has 20 heavy (non-hydrogen) atoms. The van der Waals surface area contributed by atoms with E-state index in [2.05, 4.69) is 5.32 Å². The van der Waals surface area contributed by atoms with Crippen molar-refractivity contribution < 1.29 is 19.4 Å². The molecule has 5 nitrogen and oxygen atoms in total. The fourth-order valence-corrected chi connectivity index (χ4v) is 2.90. The van der Waals surface area contributed by atoms with Crippen molar-refractivity contribution in [3.63, 3.8) is 0 Å². The van der Waals surface area contributed by atoms with Gasteiger partial charge in [0, 0.05) is 21.3 Å². The van der Waals surface area contributed by atoms with E-state index in [9.17, 15) is 9.59 Å². The summed E-state index contributed by atoms with van der Waals surface area (Å²) in [6.07, 6.45) is 0.0858. The molecule has 2 N–H and O–H groups in total. The maximum absolute atomic E-state index is 12.0. The van der Waals surface area contributed by atoms with Crippen LogP contribution in [0.3, 0.4) is 0 Å². The van der Waals surface area contributed by atoms with Crippen LogP contribution in [0.2, 0.25) is 10.0 Å². The summed E-state index contributed by atoms with van der Waals surface area (Å²) in [4.78, 5) is 23.2. The average molecular weight is 318 g/mol. The number of carbonyl (C=O) groups is 2. The summed E-state index contributed by atoms with van der Waals surface area (Å²) in [5, 5.41) is 12.7. The molecule has 1 aromatic rings. The molecule has 2 atom stereocenters. The van der Waals surface area contributed by atoms with Crippen LogP contribution in [-0.4, -0.2) is 29.7 Å². The molecule has 0 spiro atoms. The van der Waals surface area contributed by atoms with Crippen LogP contribution in [0.4, 0.5) is 5.69 Å². The monoisotopic (exact) mass is 317 g/mol. The molecule has 0 unspecified atom stereocenters. The number of hydrogen-bond acceptors (Lipinski definition) is 4. The van der Waals surface area contributed by atoms with Gasteiger partial charge in [0.25, 0.3) is 0 Å². The lowest BCUT2D eigenvalue weighted by Crippen LogP contribution is -2.37. The van der Waals surface area contributed by atoms with E-state index in [1.54, 1.807) is 13.0 Å². The summed E-state index contributed by atoms with van der Waals surface area (Å²) in [7, 11) is 0. The van der Waals surface area contributed by atoms with E-state index in [1.807, 2.05) is 0 Å². The molecule has 0 fully saturated rings. The van der Waals surface area contributed by atoms with Crippen LogP contribution in [0.1, 0.15) is 24.8 Å². The van der Waals surface area contributed by atoms with Crippen molar-refractivity contribution in [3.05, 3.63) is 27.7 Å². The molecule has 1 aliphatic rings. The second kappa shape index (κ2) is 5.89. The number of ether oxygens (including phenoxy) is 1. The maximum atomic E-state index is 12.0. The Kier molecular flexibility index (Phi) is 4.40. The topological polar surface area (TPSA) is 75.6 Å². The average Bonchev–Trinajstić information content (AvgIpc) is 2.36. The Balaban J connectivity index is 2.47. The molecule has 1 aromatic carbocycles. The van der Waals surface area contributed by atoms with Gasteiger partial charge in [0.05, 0.1) is 12.5 Å². The highest BCUT2D eigenvalue weighted by atomic mass is 35.5. The minimum absolute atomic E-state index is 0.0858. The Labute approximate surface area is 125 Å². The summed E-state index contributed by atoms with van der Waals surface area (Å²) in [5.74, 6) is -2.23. The van der Waals surface area contributed by atoms with Crippen LogP contribution >= 0.6 is 23.2 Å². The first-order chi connectivity index (χ1) is 9.43. The first-order valence-electron chi connectivity index (χ1n) is 6.09. The number of carboxylic acids is 1. The van der Waals surface area contributed by atoms with E-state index in [0.29, 0.717) is 21.3 Å². The number of anilines is 1. The van der Waals surface area contributed by atoms with Crippen molar-refractivity contribution in [2.75, 3.05) is 11.9 Å². The van der Waals surface area contributed by atoms with Crippen LogP contribution in [0.15, 0.2) is 12.1 Å². The summed E-state index contributed by atoms with van der Waals surface area (Å²) >= 11 is 12.0. The van der Waals surface area contributed by atoms with Gasteiger partial charge in [-0.15, -0.1) is 0 Å². The smallest absolute Gasteiger partial charge is 0.326 e. The lowest BCUT2D eigenvalue weighted by molar-refractivity contribution is -0.145. The van der Waals surface area contributed by atoms with Gasteiger partial charge in [-0.3, -0.25) is 4.79 Å². The van der Waals surface area contributed by atoms with Crippen LogP contribution in [0.25, 0.3) is 0 Å². The van der Waals surface area contributed by atoms with E-state index in [1.165, 1.54) is 6.07 Å². The largest absolute Gasteiger partial charge is 0.480 e. The van der Waals surface area contributed by atoms with E-state index >= 15 is 0 Å². The molecule has 0 aromatic heterocycles. The first-order valence-corrected chi connectivity index (χ1v) is 6.84. The molecule has 0 amide bonds. The number of halogens is 2.